The molecule has 0 aliphatic heterocycles. The molecule has 0 aliphatic rings. The topological polar surface area (TPSA) is 98.5 Å². The Balaban J connectivity index is 2.03. The number of nitrogens with one attached hydrogen (secondary N) is 1. The standard InChI is InChI=1S/C9H12ClN7OS/c1-19(18)4-2-3-12-8-14-7(10)15-9(16-8)17-6-11-5-13-17/h5-6H,2-4H2,1H3,(H,12,14,15,16). The summed E-state index contributed by atoms with van der Waals surface area (Å²) in [5.41, 5.74) is 0. The zero-order chi connectivity index (χ0) is 13.7. The normalized spacial score (nSPS) is 12.3. The molecule has 10 heteroatoms. The molecule has 0 aliphatic carbocycles. The fourth-order valence-electron chi connectivity index (χ4n) is 1.31. The maximum absolute atomic E-state index is 10.9. The third-order valence-corrected chi connectivity index (χ3v) is 3.14. The van der Waals surface area contributed by atoms with Crippen LogP contribution >= 0.6 is 11.6 Å². The second-order valence-electron chi connectivity index (χ2n) is 3.63. The summed E-state index contributed by atoms with van der Waals surface area (Å²) in [6.45, 7) is 0.608. The van der Waals surface area contributed by atoms with Gasteiger partial charge in [0.05, 0.1) is 0 Å². The summed E-state index contributed by atoms with van der Waals surface area (Å²) < 4.78 is 12.3. The van der Waals surface area contributed by atoms with Gasteiger partial charge in [0.15, 0.2) is 0 Å². The molecule has 0 spiro atoms. The summed E-state index contributed by atoms with van der Waals surface area (Å²) in [4.78, 5) is 15.9. The van der Waals surface area contributed by atoms with Crippen LogP contribution in [0.4, 0.5) is 5.95 Å². The van der Waals surface area contributed by atoms with E-state index < -0.39 is 10.8 Å². The van der Waals surface area contributed by atoms with Crippen molar-refractivity contribution in [2.75, 3.05) is 23.9 Å². The lowest BCUT2D eigenvalue weighted by molar-refractivity contribution is 0.685. The van der Waals surface area contributed by atoms with Gasteiger partial charge in [-0.25, -0.2) is 4.98 Å². The first-order chi connectivity index (χ1) is 9.15. The summed E-state index contributed by atoms with van der Waals surface area (Å²) in [6.07, 6.45) is 5.27. The van der Waals surface area contributed by atoms with E-state index in [-0.39, 0.29) is 5.28 Å². The van der Waals surface area contributed by atoms with Crippen LogP contribution in [0.1, 0.15) is 6.42 Å². The average Bonchev–Trinajstić information content (AvgIpc) is 2.87. The van der Waals surface area contributed by atoms with Gasteiger partial charge in [0.25, 0.3) is 5.95 Å². The zero-order valence-corrected chi connectivity index (χ0v) is 11.7. The molecular weight excluding hydrogens is 290 g/mol. The SMILES string of the molecule is CS(=O)CCCNc1nc(Cl)nc(-n2cncn2)n1. The molecule has 0 bridgehead atoms. The number of anilines is 1. The molecule has 8 nitrogen and oxygen atoms in total. The van der Waals surface area contributed by atoms with Crippen molar-refractivity contribution in [3.05, 3.63) is 17.9 Å². The number of halogens is 1. The lowest BCUT2D eigenvalue weighted by Crippen LogP contribution is -2.11. The van der Waals surface area contributed by atoms with Crippen LogP contribution in [0.5, 0.6) is 0 Å². The van der Waals surface area contributed by atoms with E-state index in [0.29, 0.717) is 24.2 Å². The number of hydrogen-bond acceptors (Lipinski definition) is 7. The summed E-state index contributed by atoms with van der Waals surface area (Å²) >= 11 is 5.82. The van der Waals surface area contributed by atoms with E-state index in [1.54, 1.807) is 6.26 Å². The van der Waals surface area contributed by atoms with Crippen molar-refractivity contribution in [2.24, 2.45) is 0 Å². The Bertz CT molecular complexity index is 562. The van der Waals surface area contributed by atoms with E-state index in [1.165, 1.54) is 17.3 Å². The van der Waals surface area contributed by atoms with Gasteiger partial charge in [-0.1, -0.05) is 0 Å². The summed E-state index contributed by atoms with van der Waals surface area (Å²) in [7, 11) is -0.798. The minimum absolute atomic E-state index is 0.0714. The van der Waals surface area contributed by atoms with Crippen LogP contribution in [0, 0.1) is 0 Å². The van der Waals surface area contributed by atoms with Crippen molar-refractivity contribution in [1.29, 1.82) is 0 Å². The third-order valence-electron chi connectivity index (χ3n) is 2.11. The molecule has 0 saturated heterocycles. The van der Waals surface area contributed by atoms with Gasteiger partial charge in [-0.2, -0.15) is 24.7 Å². The Morgan fingerprint density at radius 1 is 1.42 bits per heavy atom. The molecule has 19 heavy (non-hydrogen) atoms. The molecule has 102 valence electrons. The zero-order valence-electron chi connectivity index (χ0n) is 10.2. The Kier molecular flexibility index (Phi) is 4.74. The van der Waals surface area contributed by atoms with Crippen molar-refractivity contribution >= 4 is 28.3 Å². The number of rotatable bonds is 6. The highest BCUT2D eigenvalue weighted by atomic mass is 35.5. The maximum Gasteiger partial charge on any atom is 0.258 e. The molecular formula is C9H12ClN7OS. The molecule has 1 N–H and O–H groups in total. The smallest absolute Gasteiger partial charge is 0.258 e. The molecule has 2 aromatic heterocycles. The monoisotopic (exact) mass is 301 g/mol. The first kappa shape index (κ1) is 13.8. The van der Waals surface area contributed by atoms with E-state index in [9.17, 15) is 4.21 Å². The van der Waals surface area contributed by atoms with E-state index in [2.05, 4.69) is 30.4 Å². The van der Waals surface area contributed by atoms with Gasteiger partial charge in [0.2, 0.25) is 11.2 Å². The number of hydrogen-bond donors (Lipinski definition) is 1. The molecule has 0 saturated carbocycles. The van der Waals surface area contributed by atoms with Crippen LogP contribution in [0.3, 0.4) is 0 Å². The van der Waals surface area contributed by atoms with Crippen LogP contribution in [0.25, 0.3) is 5.95 Å². The first-order valence-corrected chi connectivity index (χ1v) is 7.56. The minimum atomic E-state index is -0.798. The predicted octanol–water partition coefficient (Wildman–Crippen LogP) is 0.286. The van der Waals surface area contributed by atoms with Crippen molar-refractivity contribution in [2.45, 2.75) is 6.42 Å². The van der Waals surface area contributed by atoms with Crippen molar-refractivity contribution < 1.29 is 4.21 Å². The van der Waals surface area contributed by atoms with Gasteiger partial charge in [0, 0.05) is 29.4 Å². The van der Waals surface area contributed by atoms with Gasteiger partial charge >= 0.3 is 0 Å². The van der Waals surface area contributed by atoms with Gasteiger partial charge in [-0.15, -0.1) is 0 Å². The van der Waals surface area contributed by atoms with E-state index in [1.807, 2.05) is 0 Å². The van der Waals surface area contributed by atoms with E-state index in [0.717, 1.165) is 6.42 Å². The van der Waals surface area contributed by atoms with Crippen LogP contribution in [0.2, 0.25) is 5.28 Å². The molecule has 2 heterocycles. The Morgan fingerprint density at radius 3 is 2.95 bits per heavy atom. The quantitative estimate of drug-likeness (QED) is 0.765. The van der Waals surface area contributed by atoms with E-state index in [4.69, 9.17) is 11.6 Å². The summed E-state index contributed by atoms with van der Waals surface area (Å²) in [5, 5.41) is 6.99. The summed E-state index contributed by atoms with van der Waals surface area (Å²) in [6, 6.07) is 0. The van der Waals surface area contributed by atoms with Gasteiger partial charge in [-0.05, 0) is 18.0 Å². The van der Waals surface area contributed by atoms with Gasteiger partial charge in [-0.3, -0.25) is 4.21 Å². The average molecular weight is 302 g/mol. The number of nitrogens with zero attached hydrogens (tertiary/aromatic N) is 6. The fourth-order valence-corrected chi connectivity index (χ4v) is 2.01. The molecule has 1 atom stereocenters. The minimum Gasteiger partial charge on any atom is -0.354 e. The van der Waals surface area contributed by atoms with Gasteiger partial charge < -0.3 is 5.32 Å². The Labute approximate surface area is 117 Å². The predicted molar refractivity (Wildman–Crippen MR) is 71.8 cm³/mol. The van der Waals surface area contributed by atoms with E-state index >= 15 is 0 Å². The van der Waals surface area contributed by atoms with Crippen molar-refractivity contribution in [1.82, 2.24) is 29.7 Å². The molecule has 0 amide bonds. The second-order valence-corrected chi connectivity index (χ2v) is 5.52. The molecule has 2 rings (SSSR count). The largest absolute Gasteiger partial charge is 0.354 e. The second kappa shape index (κ2) is 6.53. The van der Waals surface area contributed by atoms with Crippen molar-refractivity contribution in [3.63, 3.8) is 0 Å². The highest BCUT2D eigenvalue weighted by molar-refractivity contribution is 7.84. The maximum atomic E-state index is 10.9. The van der Waals surface area contributed by atoms with Crippen molar-refractivity contribution in [3.8, 4) is 5.95 Å². The molecule has 0 fully saturated rings. The van der Waals surface area contributed by atoms with Crippen LogP contribution in [-0.2, 0) is 10.8 Å². The molecule has 1 unspecified atom stereocenters. The van der Waals surface area contributed by atoms with Crippen LogP contribution in [0.15, 0.2) is 12.7 Å². The lowest BCUT2D eigenvalue weighted by Gasteiger charge is -2.05. The third kappa shape index (κ3) is 4.21. The Morgan fingerprint density at radius 2 is 2.26 bits per heavy atom. The first-order valence-electron chi connectivity index (χ1n) is 5.45. The molecule has 0 aromatic carbocycles. The molecule has 0 radical (unpaired) electrons. The molecule has 2 aromatic rings. The Hall–Kier alpha value is -1.61. The highest BCUT2D eigenvalue weighted by Crippen LogP contribution is 2.08. The highest BCUT2D eigenvalue weighted by Gasteiger charge is 2.07. The summed E-state index contributed by atoms with van der Waals surface area (Å²) in [5.74, 6) is 1.27. The number of aromatic nitrogens is 6. The lowest BCUT2D eigenvalue weighted by atomic mass is 10.5. The van der Waals surface area contributed by atoms with Crippen LogP contribution < -0.4 is 5.32 Å². The van der Waals surface area contributed by atoms with Crippen LogP contribution in [-0.4, -0.2) is 52.5 Å². The van der Waals surface area contributed by atoms with Gasteiger partial charge in [0.1, 0.15) is 12.7 Å². The fraction of sp³-hybridized carbons (Fsp3) is 0.444.